The Morgan fingerprint density at radius 1 is 1.19 bits per heavy atom. The largest absolute Gasteiger partial charge is 0.395 e. The number of H-pyrrole nitrogens is 1. The Bertz CT molecular complexity index is 877. The molecule has 1 amide bonds. The molecule has 26 heavy (non-hydrogen) atoms. The standard InChI is InChI=1S/C19H18N4O2.CH4/c24-12-16(13-5-2-1-3-6-13)19(25)23-10-15-17(11-23)21-22-18(15)14-7-4-8-20-9-14;/h1-9,16,24H,10-12H2,(H,21,22);1H4. The van der Waals surface area contributed by atoms with Gasteiger partial charge in [-0.15, -0.1) is 0 Å². The predicted octanol–water partition coefficient (Wildman–Crippen LogP) is 2.73. The molecule has 0 saturated carbocycles. The van der Waals surface area contributed by atoms with E-state index < -0.39 is 5.92 Å². The average molecular weight is 350 g/mol. The van der Waals surface area contributed by atoms with Crippen molar-refractivity contribution in [2.75, 3.05) is 6.61 Å². The lowest BCUT2D eigenvalue weighted by Crippen LogP contribution is -2.32. The Balaban J connectivity index is 0.00000196. The molecule has 1 atom stereocenters. The maximum Gasteiger partial charge on any atom is 0.233 e. The van der Waals surface area contributed by atoms with Crippen LogP contribution in [0.15, 0.2) is 54.9 Å². The SMILES string of the molecule is C.O=C(C(CO)c1ccccc1)N1Cc2[nH]nc(-c3cccnc3)c2C1. The van der Waals surface area contributed by atoms with Crippen molar-refractivity contribution in [3.05, 3.63) is 71.7 Å². The molecule has 1 unspecified atom stereocenters. The van der Waals surface area contributed by atoms with Crippen LogP contribution in [-0.2, 0) is 17.9 Å². The van der Waals surface area contributed by atoms with Crippen LogP contribution < -0.4 is 0 Å². The molecule has 0 radical (unpaired) electrons. The number of aliphatic hydroxyl groups excluding tert-OH is 1. The van der Waals surface area contributed by atoms with Gasteiger partial charge in [0, 0.05) is 23.5 Å². The van der Waals surface area contributed by atoms with Gasteiger partial charge in [-0.2, -0.15) is 5.10 Å². The first kappa shape index (κ1) is 17.8. The Morgan fingerprint density at radius 3 is 2.69 bits per heavy atom. The van der Waals surface area contributed by atoms with Crippen molar-refractivity contribution < 1.29 is 9.90 Å². The van der Waals surface area contributed by atoms with Gasteiger partial charge in [-0.1, -0.05) is 37.8 Å². The highest BCUT2D eigenvalue weighted by Gasteiger charge is 2.32. The molecule has 1 aliphatic rings. The number of pyridine rings is 1. The van der Waals surface area contributed by atoms with Crippen LogP contribution in [0.3, 0.4) is 0 Å². The van der Waals surface area contributed by atoms with Crippen molar-refractivity contribution in [1.82, 2.24) is 20.1 Å². The number of aliphatic hydroxyl groups is 1. The van der Waals surface area contributed by atoms with Gasteiger partial charge in [0.1, 0.15) is 0 Å². The maximum atomic E-state index is 12.9. The molecule has 0 saturated heterocycles. The molecule has 0 spiro atoms. The molecule has 6 nitrogen and oxygen atoms in total. The molecule has 2 N–H and O–H groups in total. The summed E-state index contributed by atoms with van der Waals surface area (Å²) in [5, 5.41) is 17.1. The summed E-state index contributed by atoms with van der Waals surface area (Å²) < 4.78 is 0. The highest BCUT2D eigenvalue weighted by atomic mass is 16.3. The van der Waals surface area contributed by atoms with E-state index in [1.807, 2.05) is 42.5 Å². The van der Waals surface area contributed by atoms with Crippen LogP contribution in [0.2, 0.25) is 0 Å². The number of hydrogen-bond donors (Lipinski definition) is 2. The highest BCUT2D eigenvalue weighted by Crippen LogP contribution is 2.32. The first-order valence-corrected chi connectivity index (χ1v) is 8.19. The Kier molecular flexibility index (Phi) is 5.14. The van der Waals surface area contributed by atoms with Crippen molar-refractivity contribution in [1.29, 1.82) is 0 Å². The van der Waals surface area contributed by atoms with E-state index in [0.29, 0.717) is 13.1 Å². The third-order valence-corrected chi connectivity index (χ3v) is 4.58. The lowest BCUT2D eigenvalue weighted by atomic mass is 9.98. The number of nitrogens with zero attached hydrogens (tertiary/aromatic N) is 3. The number of carbonyl (C=O) groups is 1. The van der Waals surface area contributed by atoms with E-state index in [0.717, 1.165) is 28.1 Å². The van der Waals surface area contributed by atoms with E-state index in [1.165, 1.54) is 0 Å². The van der Waals surface area contributed by atoms with Crippen LogP contribution in [0.5, 0.6) is 0 Å². The van der Waals surface area contributed by atoms with Gasteiger partial charge >= 0.3 is 0 Å². The fourth-order valence-electron chi connectivity index (χ4n) is 3.27. The number of amides is 1. The Hall–Kier alpha value is -2.99. The topological polar surface area (TPSA) is 82.1 Å². The minimum absolute atomic E-state index is 0. The van der Waals surface area contributed by atoms with Crippen molar-refractivity contribution in [3.8, 4) is 11.3 Å². The number of rotatable bonds is 4. The molecule has 0 aliphatic carbocycles. The van der Waals surface area contributed by atoms with E-state index in [-0.39, 0.29) is 19.9 Å². The van der Waals surface area contributed by atoms with E-state index in [2.05, 4.69) is 15.2 Å². The summed E-state index contributed by atoms with van der Waals surface area (Å²) in [6.07, 6.45) is 3.49. The van der Waals surface area contributed by atoms with Crippen LogP contribution in [0, 0.1) is 0 Å². The van der Waals surface area contributed by atoms with Crippen molar-refractivity contribution in [3.63, 3.8) is 0 Å². The number of hydrogen-bond acceptors (Lipinski definition) is 4. The summed E-state index contributed by atoms with van der Waals surface area (Å²) in [6, 6.07) is 13.2. The summed E-state index contributed by atoms with van der Waals surface area (Å²) in [5.74, 6) is -0.615. The Morgan fingerprint density at radius 2 is 2.00 bits per heavy atom. The van der Waals surface area contributed by atoms with Gasteiger partial charge in [-0.3, -0.25) is 14.9 Å². The molecular formula is C20H22N4O2. The van der Waals surface area contributed by atoms with Crippen molar-refractivity contribution in [2.24, 2.45) is 0 Å². The molecule has 2 aromatic heterocycles. The van der Waals surface area contributed by atoms with Crippen molar-refractivity contribution in [2.45, 2.75) is 26.4 Å². The fraction of sp³-hybridized carbons (Fsp3) is 0.250. The smallest absolute Gasteiger partial charge is 0.233 e. The Labute approximate surface area is 152 Å². The summed E-state index contributed by atoms with van der Waals surface area (Å²) in [4.78, 5) is 18.8. The van der Waals surface area contributed by atoms with E-state index in [1.54, 1.807) is 17.3 Å². The minimum atomic E-state index is -0.542. The quantitative estimate of drug-likeness (QED) is 0.758. The molecule has 6 heteroatoms. The van der Waals surface area contributed by atoms with Gasteiger partial charge in [0.25, 0.3) is 0 Å². The lowest BCUT2D eigenvalue weighted by Gasteiger charge is -2.22. The second-order valence-electron chi connectivity index (χ2n) is 6.11. The number of aromatic nitrogens is 3. The third kappa shape index (κ3) is 3.11. The zero-order valence-electron chi connectivity index (χ0n) is 13.6. The minimum Gasteiger partial charge on any atom is -0.395 e. The maximum absolute atomic E-state index is 12.9. The molecule has 3 aromatic rings. The summed E-state index contributed by atoms with van der Waals surface area (Å²) in [7, 11) is 0. The molecule has 1 aliphatic heterocycles. The van der Waals surface area contributed by atoms with Gasteiger partial charge in [-0.05, 0) is 17.7 Å². The van der Waals surface area contributed by atoms with E-state index in [4.69, 9.17) is 0 Å². The van der Waals surface area contributed by atoms with E-state index >= 15 is 0 Å². The zero-order valence-corrected chi connectivity index (χ0v) is 13.6. The summed E-state index contributed by atoms with van der Waals surface area (Å²) in [6.45, 7) is 0.754. The molecule has 4 rings (SSSR count). The highest BCUT2D eigenvalue weighted by molar-refractivity contribution is 5.85. The van der Waals surface area contributed by atoms with Crippen molar-refractivity contribution >= 4 is 5.91 Å². The summed E-state index contributed by atoms with van der Waals surface area (Å²) >= 11 is 0. The first-order valence-electron chi connectivity index (χ1n) is 8.19. The molecule has 1 aromatic carbocycles. The lowest BCUT2D eigenvalue weighted by molar-refractivity contribution is -0.134. The van der Waals surface area contributed by atoms with Crippen LogP contribution in [0.1, 0.15) is 30.2 Å². The third-order valence-electron chi connectivity index (χ3n) is 4.58. The number of aromatic amines is 1. The second-order valence-corrected chi connectivity index (χ2v) is 6.11. The predicted molar refractivity (Wildman–Crippen MR) is 99.1 cm³/mol. The van der Waals surface area contributed by atoms with Gasteiger partial charge in [-0.25, -0.2) is 0 Å². The zero-order chi connectivity index (χ0) is 17.2. The number of carbonyl (C=O) groups excluding carboxylic acids is 1. The van der Waals surface area contributed by atoms with Crippen LogP contribution in [0.25, 0.3) is 11.3 Å². The second kappa shape index (κ2) is 7.49. The van der Waals surface area contributed by atoms with Gasteiger partial charge in [0.2, 0.25) is 5.91 Å². The molecule has 3 heterocycles. The first-order chi connectivity index (χ1) is 12.3. The fourth-order valence-corrected chi connectivity index (χ4v) is 3.27. The molecule has 0 fully saturated rings. The van der Waals surface area contributed by atoms with Gasteiger partial charge in [0.15, 0.2) is 0 Å². The van der Waals surface area contributed by atoms with Gasteiger partial charge < -0.3 is 10.0 Å². The summed E-state index contributed by atoms with van der Waals surface area (Å²) in [5.41, 5.74) is 4.55. The molecule has 134 valence electrons. The number of nitrogens with one attached hydrogen (secondary N) is 1. The van der Waals surface area contributed by atoms with E-state index in [9.17, 15) is 9.90 Å². The van der Waals surface area contributed by atoms with Crippen LogP contribution >= 0.6 is 0 Å². The monoisotopic (exact) mass is 350 g/mol. The molecular weight excluding hydrogens is 328 g/mol. The number of fused-ring (bicyclic) bond motifs is 1. The molecule has 0 bridgehead atoms. The average Bonchev–Trinajstić information content (AvgIpc) is 3.24. The normalized spacial score (nSPS) is 13.8. The number of benzene rings is 1. The van der Waals surface area contributed by atoms with Crippen LogP contribution in [0.4, 0.5) is 0 Å². The van der Waals surface area contributed by atoms with Crippen LogP contribution in [-0.4, -0.2) is 37.7 Å². The van der Waals surface area contributed by atoms with Gasteiger partial charge in [0.05, 0.1) is 37.0 Å².